The average Bonchev–Trinajstić information content (AvgIpc) is 2.17. The van der Waals surface area contributed by atoms with E-state index in [-0.39, 0.29) is 19.0 Å². The lowest BCUT2D eigenvalue weighted by molar-refractivity contribution is -0.138. The highest BCUT2D eigenvalue weighted by Gasteiger charge is 2.09. The van der Waals surface area contributed by atoms with Gasteiger partial charge in [0.05, 0.1) is 13.1 Å². The van der Waals surface area contributed by atoms with E-state index in [1.165, 1.54) is 4.90 Å². The number of anilines is 1. The molecular weight excluding hydrogens is 208 g/mol. The van der Waals surface area contributed by atoms with Gasteiger partial charge in [-0.1, -0.05) is 18.2 Å². The Morgan fingerprint density at radius 3 is 2.44 bits per heavy atom. The molecule has 0 aliphatic heterocycles. The van der Waals surface area contributed by atoms with Gasteiger partial charge in [-0.25, -0.2) is 0 Å². The van der Waals surface area contributed by atoms with E-state index >= 15 is 0 Å². The van der Waals surface area contributed by atoms with Crippen LogP contribution in [0.2, 0.25) is 0 Å². The molecule has 2 N–H and O–H groups in total. The second-order valence-electron chi connectivity index (χ2n) is 3.48. The van der Waals surface area contributed by atoms with E-state index in [0.717, 1.165) is 0 Å². The smallest absolute Gasteiger partial charge is 0.317 e. The molecule has 0 fully saturated rings. The average molecular weight is 222 g/mol. The zero-order valence-electron chi connectivity index (χ0n) is 9.01. The van der Waals surface area contributed by atoms with Crippen molar-refractivity contribution < 1.29 is 14.7 Å². The molecule has 1 aromatic rings. The zero-order chi connectivity index (χ0) is 12.0. The van der Waals surface area contributed by atoms with Crippen molar-refractivity contribution in [2.75, 3.05) is 25.5 Å². The zero-order valence-corrected chi connectivity index (χ0v) is 9.01. The van der Waals surface area contributed by atoms with Crippen LogP contribution in [0.3, 0.4) is 0 Å². The molecule has 16 heavy (non-hydrogen) atoms. The predicted molar refractivity (Wildman–Crippen MR) is 60.2 cm³/mol. The van der Waals surface area contributed by atoms with Gasteiger partial charge in [0.15, 0.2) is 0 Å². The lowest BCUT2D eigenvalue weighted by Crippen LogP contribution is -2.33. The standard InChI is InChI=1S/C11H14N2O3/c1-13(8-11(15)16)7-10(14)12-9-5-3-2-4-6-9/h2-6H,7-8H2,1H3,(H,12,14)(H,15,16). The fourth-order valence-electron chi connectivity index (χ4n) is 1.25. The number of para-hydroxylation sites is 1. The molecular formula is C11H14N2O3. The molecule has 5 heteroatoms. The van der Waals surface area contributed by atoms with Gasteiger partial charge < -0.3 is 10.4 Å². The third-order valence-electron chi connectivity index (χ3n) is 1.88. The molecule has 86 valence electrons. The third kappa shape index (κ3) is 4.56. The molecule has 0 aromatic heterocycles. The summed E-state index contributed by atoms with van der Waals surface area (Å²) in [5, 5.41) is 11.2. The van der Waals surface area contributed by atoms with E-state index in [1.807, 2.05) is 18.2 Å². The number of aliphatic carboxylic acids is 1. The van der Waals surface area contributed by atoms with E-state index in [1.54, 1.807) is 19.2 Å². The van der Waals surface area contributed by atoms with Crippen LogP contribution in [0.5, 0.6) is 0 Å². The van der Waals surface area contributed by atoms with Gasteiger partial charge in [0.2, 0.25) is 5.91 Å². The highest BCUT2D eigenvalue weighted by molar-refractivity contribution is 5.92. The Kier molecular flexibility index (Phi) is 4.47. The summed E-state index contributed by atoms with van der Waals surface area (Å²) in [6.45, 7) is -0.0938. The molecule has 0 aliphatic carbocycles. The van der Waals surface area contributed by atoms with Crippen molar-refractivity contribution in [2.45, 2.75) is 0 Å². The number of nitrogens with one attached hydrogen (secondary N) is 1. The third-order valence-corrected chi connectivity index (χ3v) is 1.88. The molecule has 1 amide bonds. The second-order valence-corrected chi connectivity index (χ2v) is 3.48. The van der Waals surface area contributed by atoms with Crippen molar-refractivity contribution in [3.8, 4) is 0 Å². The van der Waals surface area contributed by atoms with Crippen LogP contribution >= 0.6 is 0 Å². The highest BCUT2D eigenvalue weighted by atomic mass is 16.4. The van der Waals surface area contributed by atoms with E-state index < -0.39 is 5.97 Å². The van der Waals surface area contributed by atoms with Gasteiger partial charge >= 0.3 is 5.97 Å². The van der Waals surface area contributed by atoms with Gasteiger partial charge in [0.1, 0.15) is 0 Å². The second kappa shape index (κ2) is 5.87. The van der Waals surface area contributed by atoms with Crippen molar-refractivity contribution in [2.24, 2.45) is 0 Å². The van der Waals surface area contributed by atoms with E-state index in [4.69, 9.17) is 5.11 Å². The molecule has 1 rings (SSSR count). The normalized spacial score (nSPS) is 10.1. The first-order chi connectivity index (χ1) is 7.58. The molecule has 0 bridgehead atoms. The number of carboxylic acids is 1. The lowest BCUT2D eigenvalue weighted by Gasteiger charge is -2.13. The first-order valence-corrected chi connectivity index (χ1v) is 4.83. The van der Waals surface area contributed by atoms with Gasteiger partial charge in [-0.2, -0.15) is 0 Å². The van der Waals surface area contributed by atoms with Crippen LogP contribution in [0.25, 0.3) is 0 Å². The number of likely N-dealkylation sites (N-methyl/N-ethyl adjacent to an activating group) is 1. The summed E-state index contributed by atoms with van der Waals surface area (Å²) in [5.74, 6) is -1.18. The van der Waals surface area contributed by atoms with Gasteiger partial charge in [0, 0.05) is 5.69 Å². The molecule has 0 spiro atoms. The highest BCUT2D eigenvalue weighted by Crippen LogP contribution is 2.04. The Morgan fingerprint density at radius 1 is 1.25 bits per heavy atom. The van der Waals surface area contributed by atoms with Crippen molar-refractivity contribution in [3.63, 3.8) is 0 Å². The molecule has 1 aromatic carbocycles. The summed E-state index contributed by atoms with van der Waals surface area (Å²) in [6, 6.07) is 9.03. The Bertz CT molecular complexity index is 365. The maximum atomic E-state index is 11.5. The van der Waals surface area contributed by atoms with Crippen molar-refractivity contribution in [1.82, 2.24) is 4.90 Å². The van der Waals surface area contributed by atoms with Crippen LogP contribution < -0.4 is 5.32 Å². The monoisotopic (exact) mass is 222 g/mol. The van der Waals surface area contributed by atoms with Gasteiger partial charge in [-0.05, 0) is 19.2 Å². The quantitative estimate of drug-likeness (QED) is 0.767. The van der Waals surface area contributed by atoms with E-state index in [0.29, 0.717) is 5.69 Å². The number of rotatable bonds is 5. The number of hydrogen-bond acceptors (Lipinski definition) is 3. The number of benzene rings is 1. The van der Waals surface area contributed by atoms with Gasteiger partial charge in [-0.15, -0.1) is 0 Å². The van der Waals surface area contributed by atoms with Gasteiger partial charge in [-0.3, -0.25) is 14.5 Å². The minimum atomic E-state index is -0.949. The summed E-state index contributed by atoms with van der Waals surface area (Å²) in [4.78, 5) is 23.3. The number of carboxylic acid groups (broad SMARTS) is 1. The van der Waals surface area contributed by atoms with E-state index in [9.17, 15) is 9.59 Å². The van der Waals surface area contributed by atoms with Crippen LogP contribution in [0.15, 0.2) is 30.3 Å². The number of carbonyl (C=O) groups is 2. The Morgan fingerprint density at radius 2 is 1.88 bits per heavy atom. The lowest BCUT2D eigenvalue weighted by atomic mass is 10.3. The summed E-state index contributed by atoms with van der Waals surface area (Å²) in [7, 11) is 1.58. The van der Waals surface area contributed by atoms with Crippen molar-refractivity contribution in [1.29, 1.82) is 0 Å². The van der Waals surface area contributed by atoms with Gasteiger partial charge in [0.25, 0.3) is 0 Å². The van der Waals surface area contributed by atoms with Crippen LogP contribution in [0, 0.1) is 0 Å². The van der Waals surface area contributed by atoms with Crippen LogP contribution in [0.1, 0.15) is 0 Å². The first kappa shape index (κ1) is 12.2. The molecule has 0 saturated heterocycles. The van der Waals surface area contributed by atoms with Crippen molar-refractivity contribution >= 4 is 17.6 Å². The summed E-state index contributed by atoms with van der Waals surface area (Å²) in [6.07, 6.45) is 0. The Balaban J connectivity index is 2.39. The Hall–Kier alpha value is -1.88. The minimum absolute atomic E-state index is 0.0567. The molecule has 0 heterocycles. The predicted octanol–water partition coefficient (Wildman–Crippen LogP) is 0.641. The fourth-order valence-corrected chi connectivity index (χ4v) is 1.25. The van der Waals surface area contributed by atoms with Crippen LogP contribution in [-0.4, -0.2) is 42.0 Å². The van der Waals surface area contributed by atoms with Crippen LogP contribution in [0.4, 0.5) is 5.69 Å². The van der Waals surface area contributed by atoms with Crippen molar-refractivity contribution in [3.05, 3.63) is 30.3 Å². The molecule has 5 nitrogen and oxygen atoms in total. The largest absolute Gasteiger partial charge is 0.480 e. The maximum Gasteiger partial charge on any atom is 0.317 e. The topological polar surface area (TPSA) is 69.6 Å². The molecule has 0 unspecified atom stereocenters. The molecule has 0 saturated carbocycles. The molecule has 0 atom stereocenters. The number of carbonyl (C=O) groups excluding carboxylic acids is 1. The fraction of sp³-hybridized carbons (Fsp3) is 0.273. The number of amides is 1. The Labute approximate surface area is 93.7 Å². The number of hydrogen-bond donors (Lipinski definition) is 2. The SMILES string of the molecule is CN(CC(=O)O)CC(=O)Nc1ccccc1. The minimum Gasteiger partial charge on any atom is -0.480 e. The summed E-state index contributed by atoms with van der Waals surface area (Å²) < 4.78 is 0. The first-order valence-electron chi connectivity index (χ1n) is 4.83. The molecule has 0 radical (unpaired) electrons. The van der Waals surface area contributed by atoms with E-state index in [2.05, 4.69) is 5.32 Å². The summed E-state index contributed by atoms with van der Waals surface area (Å²) >= 11 is 0. The van der Waals surface area contributed by atoms with Crippen LogP contribution in [-0.2, 0) is 9.59 Å². The molecule has 0 aliphatic rings. The number of nitrogens with zero attached hydrogens (tertiary/aromatic N) is 1. The maximum absolute atomic E-state index is 11.5. The summed E-state index contributed by atoms with van der Waals surface area (Å²) in [5.41, 5.74) is 0.705.